The molecular weight excluding hydrogens is 311 g/mol. The number of amides is 1. The maximum Gasteiger partial charge on any atom is 0.228 e. The first-order valence-corrected chi connectivity index (χ1v) is 6.43. The van der Waals surface area contributed by atoms with E-state index in [0.717, 1.165) is 5.56 Å². The molecule has 5 heteroatoms. The van der Waals surface area contributed by atoms with Gasteiger partial charge in [0.1, 0.15) is 5.82 Å². The van der Waals surface area contributed by atoms with Crippen molar-refractivity contribution in [2.45, 2.75) is 6.42 Å². The smallest absolute Gasteiger partial charge is 0.228 e. The lowest BCUT2D eigenvalue weighted by Gasteiger charge is -2.07. The van der Waals surface area contributed by atoms with E-state index in [1.165, 1.54) is 18.2 Å². The Hall–Kier alpha value is -1.88. The van der Waals surface area contributed by atoms with E-state index in [1.54, 1.807) is 24.3 Å². The summed E-state index contributed by atoms with van der Waals surface area (Å²) in [5.41, 5.74) is 7.64. The number of carbonyl (C=O) groups excluding carboxylic acids is 1. The third-order valence-electron chi connectivity index (χ3n) is 2.55. The molecule has 2 rings (SSSR count). The van der Waals surface area contributed by atoms with E-state index in [1.807, 2.05) is 0 Å². The molecule has 0 spiro atoms. The molecule has 0 saturated heterocycles. The average molecular weight is 323 g/mol. The van der Waals surface area contributed by atoms with Gasteiger partial charge in [-0.15, -0.1) is 0 Å². The molecule has 0 aliphatic heterocycles. The van der Waals surface area contributed by atoms with E-state index in [2.05, 4.69) is 21.2 Å². The van der Waals surface area contributed by atoms with Crippen LogP contribution in [-0.2, 0) is 11.2 Å². The molecule has 0 aromatic heterocycles. The SMILES string of the molecule is Nc1ccc(CC(=O)Nc2ccc(F)cc2Br)cc1. The molecular formula is C14H12BrFN2O. The van der Waals surface area contributed by atoms with Gasteiger partial charge in [-0.25, -0.2) is 4.39 Å². The van der Waals surface area contributed by atoms with Crippen molar-refractivity contribution in [1.29, 1.82) is 0 Å². The first-order valence-electron chi connectivity index (χ1n) is 5.64. The van der Waals surface area contributed by atoms with Gasteiger partial charge in [0, 0.05) is 10.2 Å². The Balaban J connectivity index is 2.03. The molecule has 0 atom stereocenters. The second kappa shape index (κ2) is 5.84. The third kappa shape index (κ3) is 3.79. The van der Waals surface area contributed by atoms with Crippen molar-refractivity contribution in [3.05, 3.63) is 58.3 Å². The lowest BCUT2D eigenvalue weighted by atomic mass is 10.1. The Morgan fingerprint density at radius 1 is 1.21 bits per heavy atom. The Labute approximate surface area is 118 Å². The number of anilines is 2. The highest BCUT2D eigenvalue weighted by Gasteiger charge is 2.07. The lowest BCUT2D eigenvalue weighted by Crippen LogP contribution is -2.14. The molecule has 19 heavy (non-hydrogen) atoms. The van der Waals surface area contributed by atoms with E-state index in [-0.39, 0.29) is 18.1 Å². The van der Waals surface area contributed by atoms with Gasteiger partial charge in [0.05, 0.1) is 12.1 Å². The van der Waals surface area contributed by atoms with E-state index in [0.29, 0.717) is 15.8 Å². The number of hydrogen-bond donors (Lipinski definition) is 2. The van der Waals surface area contributed by atoms with Crippen LogP contribution in [0.2, 0.25) is 0 Å². The highest BCUT2D eigenvalue weighted by molar-refractivity contribution is 9.10. The van der Waals surface area contributed by atoms with Crippen molar-refractivity contribution >= 4 is 33.2 Å². The number of nitrogens with one attached hydrogen (secondary N) is 1. The molecule has 98 valence electrons. The summed E-state index contributed by atoms with van der Waals surface area (Å²) in [5, 5.41) is 2.72. The fourth-order valence-corrected chi connectivity index (χ4v) is 2.06. The summed E-state index contributed by atoms with van der Waals surface area (Å²) >= 11 is 3.20. The standard InChI is InChI=1S/C14H12BrFN2O/c15-12-8-10(16)3-6-13(12)18-14(19)7-9-1-4-11(17)5-2-9/h1-6,8H,7,17H2,(H,18,19). The molecule has 0 bridgehead atoms. The van der Waals surface area contributed by atoms with Crippen molar-refractivity contribution in [3.8, 4) is 0 Å². The van der Waals surface area contributed by atoms with Crippen molar-refractivity contribution in [2.75, 3.05) is 11.1 Å². The Bertz CT molecular complexity index is 599. The van der Waals surface area contributed by atoms with Crippen LogP contribution in [0.5, 0.6) is 0 Å². The molecule has 3 N–H and O–H groups in total. The Kier molecular flexibility index (Phi) is 4.16. The molecule has 1 amide bonds. The van der Waals surface area contributed by atoms with Gasteiger partial charge in [-0.1, -0.05) is 12.1 Å². The number of carbonyl (C=O) groups is 1. The lowest BCUT2D eigenvalue weighted by molar-refractivity contribution is -0.115. The maximum atomic E-state index is 12.9. The second-order valence-corrected chi connectivity index (χ2v) is 4.95. The minimum Gasteiger partial charge on any atom is -0.399 e. The molecule has 0 heterocycles. The van der Waals surface area contributed by atoms with E-state index in [4.69, 9.17) is 5.73 Å². The zero-order valence-electron chi connectivity index (χ0n) is 9.99. The van der Waals surface area contributed by atoms with Crippen molar-refractivity contribution in [1.82, 2.24) is 0 Å². The van der Waals surface area contributed by atoms with Crippen LogP contribution in [-0.4, -0.2) is 5.91 Å². The second-order valence-electron chi connectivity index (χ2n) is 4.09. The fraction of sp³-hybridized carbons (Fsp3) is 0.0714. The van der Waals surface area contributed by atoms with Crippen LogP contribution in [0.3, 0.4) is 0 Å². The number of nitrogens with two attached hydrogens (primary N) is 1. The van der Waals surface area contributed by atoms with Crippen molar-refractivity contribution in [3.63, 3.8) is 0 Å². The van der Waals surface area contributed by atoms with Gasteiger partial charge < -0.3 is 11.1 Å². The van der Waals surface area contributed by atoms with Crippen LogP contribution in [0, 0.1) is 5.82 Å². The van der Waals surface area contributed by atoms with Gasteiger partial charge in [-0.2, -0.15) is 0 Å². The maximum absolute atomic E-state index is 12.9. The van der Waals surface area contributed by atoms with Crippen LogP contribution >= 0.6 is 15.9 Å². The largest absolute Gasteiger partial charge is 0.399 e. The summed E-state index contributed by atoms with van der Waals surface area (Å²) in [6.07, 6.45) is 0.240. The summed E-state index contributed by atoms with van der Waals surface area (Å²) in [6.45, 7) is 0. The quantitative estimate of drug-likeness (QED) is 0.851. The molecule has 0 saturated carbocycles. The van der Waals surface area contributed by atoms with Gasteiger partial charge in [-0.3, -0.25) is 4.79 Å². The van der Waals surface area contributed by atoms with Crippen molar-refractivity contribution in [2.24, 2.45) is 0 Å². The van der Waals surface area contributed by atoms with Gasteiger partial charge >= 0.3 is 0 Å². The zero-order chi connectivity index (χ0) is 13.8. The number of hydrogen-bond acceptors (Lipinski definition) is 2. The first kappa shape index (κ1) is 13.5. The molecule has 2 aromatic carbocycles. The summed E-state index contributed by atoms with van der Waals surface area (Å²) in [6, 6.07) is 11.2. The molecule has 0 radical (unpaired) electrons. The minimum absolute atomic E-state index is 0.169. The zero-order valence-corrected chi connectivity index (χ0v) is 11.6. The van der Waals surface area contributed by atoms with E-state index in [9.17, 15) is 9.18 Å². The van der Waals surface area contributed by atoms with E-state index >= 15 is 0 Å². The normalized spacial score (nSPS) is 10.2. The van der Waals surface area contributed by atoms with Crippen LogP contribution in [0.15, 0.2) is 46.9 Å². The van der Waals surface area contributed by atoms with Gasteiger partial charge in [0.2, 0.25) is 5.91 Å². The van der Waals surface area contributed by atoms with Crippen LogP contribution in [0.25, 0.3) is 0 Å². The molecule has 0 unspecified atom stereocenters. The average Bonchev–Trinajstić information content (AvgIpc) is 2.36. The summed E-state index contributed by atoms with van der Waals surface area (Å²) < 4.78 is 13.4. The monoisotopic (exact) mass is 322 g/mol. The van der Waals surface area contributed by atoms with E-state index < -0.39 is 0 Å². The highest BCUT2D eigenvalue weighted by Crippen LogP contribution is 2.23. The number of halogens is 2. The Morgan fingerprint density at radius 2 is 1.89 bits per heavy atom. The number of rotatable bonds is 3. The predicted molar refractivity (Wildman–Crippen MR) is 77.3 cm³/mol. The predicted octanol–water partition coefficient (Wildman–Crippen LogP) is 3.35. The summed E-state index contributed by atoms with van der Waals surface area (Å²) in [7, 11) is 0. The van der Waals surface area contributed by atoms with Gasteiger partial charge in [0.25, 0.3) is 0 Å². The summed E-state index contributed by atoms with van der Waals surface area (Å²) in [5.74, 6) is -0.527. The van der Waals surface area contributed by atoms with Crippen LogP contribution in [0.4, 0.5) is 15.8 Å². The molecule has 0 fully saturated rings. The number of nitrogen functional groups attached to an aromatic ring is 1. The first-order chi connectivity index (χ1) is 9.04. The molecule has 2 aromatic rings. The third-order valence-corrected chi connectivity index (χ3v) is 3.21. The molecule has 0 aliphatic rings. The number of benzene rings is 2. The topological polar surface area (TPSA) is 55.1 Å². The molecule has 0 aliphatic carbocycles. The van der Waals surface area contributed by atoms with Crippen molar-refractivity contribution < 1.29 is 9.18 Å². The molecule has 3 nitrogen and oxygen atoms in total. The highest BCUT2D eigenvalue weighted by atomic mass is 79.9. The Morgan fingerprint density at radius 3 is 2.53 bits per heavy atom. The fourth-order valence-electron chi connectivity index (χ4n) is 1.61. The van der Waals surface area contributed by atoms with Gasteiger partial charge in [0.15, 0.2) is 0 Å². The van der Waals surface area contributed by atoms with Crippen LogP contribution in [0.1, 0.15) is 5.56 Å². The minimum atomic E-state index is -0.358. The van der Waals surface area contributed by atoms with Gasteiger partial charge in [-0.05, 0) is 51.8 Å². The van der Waals surface area contributed by atoms with Crippen LogP contribution < -0.4 is 11.1 Å². The summed E-state index contributed by atoms with van der Waals surface area (Å²) in [4.78, 5) is 11.8.